The van der Waals surface area contributed by atoms with Gasteiger partial charge in [0, 0.05) is 11.6 Å². The molecule has 0 bridgehead atoms. The summed E-state index contributed by atoms with van der Waals surface area (Å²) in [6.45, 7) is 3.60. The number of rotatable bonds is 6. The fourth-order valence-corrected chi connectivity index (χ4v) is 2.37. The smallest absolute Gasteiger partial charge is 0.409 e. The number of nitro groups is 1. The standard InChI is InChI=1S/C15H14ClN5O4/c1-2-3-11(17)12-7-10(14(16)20-19-12)9-5-4-8(18-15(22)23)6-13(9)21(24)25/h2,4-7,11,18H,1,3,17H2,(H,22,23)/t11-/m0/s1. The van der Waals surface area contributed by atoms with E-state index in [1.54, 1.807) is 6.08 Å². The van der Waals surface area contributed by atoms with Crippen molar-refractivity contribution in [2.75, 3.05) is 5.32 Å². The molecule has 1 aromatic heterocycles. The molecule has 1 amide bonds. The number of amides is 1. The fraction of sp³-hybridized carbons (Fsp3) is 0.133. The number of hydrogen-bond acceptors (Lipinski definition) is 6. The molecule has 0 saturated heterocycles. The number of nitro benzene ring substituents is 1. The van der Waals surface area contributed by atoms with E-state index in [-0.39, 0.29) is 27.7 Å². The van der Waals surface area contributed by atoms with Gasteiger partial charge in [-0.1, -0.05) is 17.7 Å². The second-order valence-corrected chi connectivity index (χ2v) is 5.38. The summed E-state index contributed by atoms with van der Waals surface area (Å²) in [6.07, 6.45) is 0.734. The van der Waals surface area contributed by atoms with Crippen LogP contribution in [-0.4, -0.2) is 26.3 Å². The van der Waals surface area contributed by atoms with Crippen molar-refractivity contribution in [2.45, 2.75) is 12.5 Å². The zero-order chi connectivity index (χ0) is 18.6. The Kier molecular flexibility index (Phi) is 5.63. The highest BCUT2D eigenvalue weighted by molar-refractivity contribution is 6.32. The summed E-state index contributed by atoms with van der Waals surface area (Å²) < 4.78 is 0. The molecule has 0 aliphatic carbocycles. The Morgan fingerprint density at radius 3 is 2.76 bits per heavy atom. The number of nitrogens with one attached hydrogen (secondary N) is 1. The number of aromatic nitrogens is 2. The summed E-state index contributed by atoms with van der Waals surface area (Å²) in [4.78, 5) is 21.4. The van der Waals surface area contributed by atoms with E-state index in [1.807, 2.05) is 0 Å². The van der Waals surface area contributed by atoms with Crippen LogP contribution < -0.4 is 11.1 Å². The lowest BCUT2D eigenvalue weighted by Gasteiger charge is -2.11. The van der Waals surface area contributed by atoms with Gasteiger partial charge in [-0.15, -0.1) is 11.7 Å². The average molecular weight is 364 g/mol. The number of nitrogens with two attached hydrogens (primary N) is 1. The Morgan fingerprint density at radius 2 is 2.16 bits per heavy atom. The third-order valence-electron chi connectivity index (χ3n) is 3.30. The Balaban J connectivity index is 2.56. The highest BCUT2D eigenvalue weighted by Gasteiger charge is 2.21. The summed E-state index contributed by atoms with van der Waals surface area (Å²) in [5.41, 5.74) is 6.54. The van der Waals surface area contributed by atoms with Crippen molar-refractivity contribution in [2.24, 2.45) is 5.73 Å². The molecule has 1 aromatic carbocycles. The molecule has 0 aliphatic heterocycles. The lowest BCUT2D eigenvalue weighted by molar-refractivity contribution is -0.384. The maximum Gasteiger partial charge on any atom is 0.409 e. The van der Waals surface area contributed by atoms with Crippen molar-refractivity contribution < 1.29 is 14.8 Å². The summed E-state index contributed by atoms with van der Waals surface area (Å²) in [6, 6.07) is 4.92. The first-order chi connectivity index (χ1) is 11.8. The second-order valence-electron chi connectivity index (χ2n) is 5.02. The number of halogens is 1. The zero-order valence-corrected chi connectivity index (χ0v) is 13.6. The Bertz CT molecular complexity index is 843. The van der Waals surface area contributed by atoms with Gasteiger partial charge in [0.2, 0.25) is 0 Å². The summed E-state index contributed by atoms with van der Waals surface area (Å²) in [5.74, 6) is 0. The van der Waals surface area contributed by atoms with E-state index < -0.39 is 17.1 Å². The van der Waals surface area contributed by atoms with E-state index in [9.17, 15) is 14.9 Å². The van der Waals surface area contributed by atoms with Crippen molar-refractivity contribution in [1.82, 2.24) is 10.2 Å². The van der Waals surface area contributed by atoms with Crippen molar-refractivity contribution in [1.29, 1.82) is 0 Å². The quantitative estimate of drug-likeness (QED) is 0.405. The summed E-state index contributed by atoms with van der Waals surface area (Å²) in [5, 5.41) is 29.8. The monoisotopic (exact) mass is 363 g/mol. The summed E-state index contributed by atoms with van der Waals surface area (Å²) in [7, 11) is 0. The number of anilines is 1. The molecule has 0 spiro atoms. The van der Waals surface area contributed by atoms with Crippen LogP contribution in [0.1, 0.15) is 18.2 Å². The lowest BCUT2D eigenvalue weighted by Crippen LogP contribution is -2.12. The molecule has 1 atom stereocenters. The molecule has 0 saturated carbocycles. The molecule has 10 heteroatoms. The van der Waals surface area contributed by atoms with Crippen LogP contribution in [0, 0.1) is 10.1 Å². The Labute approximate surface area is 147 Å². The van der Waals surface area contributed by atoms with Crippen LogP contribution in [0.15, 0.2) is 36.9 Å². The number of nitrogens with zero attached hydrogens (tertiary/aromatic N) is 3. The molecular weight excluding hydrogens is 350 g/mol. The van der Waals surface area contributed by atoms with E-state index in [4.69, 9.17) is 22.4 Å². The predicted octanol–water partition coefficient (Wildman–Crippen LogP) is 3.37. The van der Waals surface area contributed by atoms with Gasteiger partial charge in [0.15, 0.2) is 5.15 Å². The third kappa shape index (κ3) is 4.28. The maximum absolute atomic E-state index is 11.4. The van der Waals surface area contributed by atoms with E-state index in [2.05, 4.69) is 22.1 Å². The molecule has 25 heavy (non-hydrogen) atoms. The SMILES string of the molecule is C=CC[C@H](N)c1cc(-c2ccc(NC(=O)O)cc2[N+](=O)[O-])c(Cl)nn1. The third-order valence-corrected chi connectivity index (χ3v) is 3.58. The van der Waals surface area contributed by atoms with E-state index >= 15 is 0 Å². The highest BCUT2D eigenvalue weighted by atomic mass is 35.5. The van der Waals surface area contributed by atoms with Gasteiger partial charge >= 0.3 is 6.09 Å². The van der Waals surface area contributed by atoms with Gasteiger partial charge < -0.3 is 10.8 Å². The molecule has 4 N–H and O–H groups in total. The van der Waals surface area contributed by atoms with Crippen molar-refractivity contribution in [3.63, 3.8) is 0 Å². The van der Waals surface area contributed by atoms with Crippen molar-refractivity contribution in [3.05, 3.63) is 57.9 Å². The minimum absolute atomic E-state index is 0.0309. The minimum Gasteiger partial charge on any atom is -0.465 e. The van der Waals surface area contributed by atoms with Crippen molar-refractivity contribution in [3.8, 4) is 11.1 Å². The molecule has 0 aliphatic rings. The van der Waals surface area contributed by atoms with Crippen LogP contribution in [0.4, 0.5) is 16.2 Å². The van der Waals surface area contributed by atoms with Crippen LogP contribution in [0.3, 0.4) is 0 Å². The second kappa shape index (κ2) is 7.69. The molecule has 130 valence electrons. The molecular formula is C15H14ClN5O4. The largest absolute Gasteiger partial charge is 0.465 e. The molecule has 2 rings (SSSR count). The van der Waals surface area contributed by atoms with Crippen LogP contribution in [0.5, 0.6) is 0 Å². The van der Waals surface area contributed by atoms with Gasteiger partial charge in [-0.25, -0.2) is 4.79 Å². The lowest BCUT2D eigenvalue weighted by atomic mass is 10.0. The first-order valence-corrected chi connectivity index (χ1v) is 7.39. The molecule has 2 aromatic rings. The van der Waals surface area contributed by atoms with Gasteiger partial charge in [0.25, 0.3) is 5.69 Å². The van der Waals surface area contributed by atoms with Gasteiger partial charge in [0.05, 0.1) is 27.9 Å². The first kappa shape index (κ1) is 18.3. The Hall–Kier alpha value is -3.04. The predicted molar refractivity (Wildman–Crippen MR) is 92.5 cm³/mol. The molecule has 0 fully saturated rings. The normalized spacial score (nSPS) is 11.6. The number of carboxylic acid groups (broad SMARTS) is 1. The van der Waals surface area contributed by atoms with Crippen LogP contribution >= 0.6 is 11.6 Å². The fourth-order valence-electron chi connectivity index (χ4n) is 2.17. The van der Waals surface area contributed by atoms with Gasteiger partial charge in [-0.2, -0.15) is 5.10 Å². The van der Waals surface area contributed by atoms with Gasteiger partial charge in [-0.3, -0.25) is 15.4 Å². The first-order valence-electron chi connectivity index (χ1n) is 7.01. The Morgan fingerprint density at radius 1 is 1.44 bits per heavy atom. The van der Waals surface area contributed by atoms with Crippen molar-refractivity contribution >= 4 is 29.1 Å². The average Bonchev–Trinajstić information content (AvgIpc) is 2.55. The zero-order valence-electron chi connectivity index (χ0n) is 12.8. The minimum atomic E-state index is -1.33. The topological polar surface area (TPSA) is 144 Å². The van der Waals surface area contributed by atoms with E-state index in [0.717, 1.165) is 6.07 Å². The van der Waals surface area contributed by atoms with E-state index in [0.29, 0.717) is 12.1 Å². The molecule has 1 heterocycles. The number of carbonyl (C=O) groups is 1. The number of hydrogen-bond donors (Lipinski definition) is 3. The molecule has 9 nitrogen and oxygen atoms in total. The highest BCUT2D eigenvalue weighted by Crippen LogP contribution is 2.36. The van der Waals surface area contributed by atoms with Crippen LogP contribution in [0.2, 0.25) is 5.15 Å². The summed E-state index contributed by atoms with van der Waals surface area (Å²) >= 11 is 6.05. The van der Waals surface area contributed by atoms with Gasteiger partial charge in [-0.05, 0) is 24.6 Å². The van der Waals surface area contributed by atoms with Crippen LogP contribution in [-0.2, 0) is 0 Å². The van der Waals surface area contributed by atoms with Gasteiger partial charge in [0.1, 0.15) is 0 Å². The molecule has 0 radical (unpaired) electrons. The molecule has 0 unspecified atom stereocenters. The van der Waals surface area contributed by atoms with E-state index in [1.165, 1.54) is 18.2 Å². The maximum atomic E-state index is 11.4. The van der Waals surface area contributed by atoms with Crippen LogP contribution in [0.25, 0.3) is 11.1 Å². The number of benzene rings is 1.